The van der Waals surface area contributed by atoms with Crippen LogP contribution in [0.15, 0.2) is 12.5 Å². The molecule has 0 aromatic carbocycles. The van der Waals surface area contributed by atoms with E-state index in [9.17, 15) is 0 Å². The molecule has 1 aliphatic rings. The first-order valence-electron chi connectivity index (χ1n) is 5.81. The van der Waals surface area contributed by atoms with Crippen LogP contribution in [0.5, 0.6) is 0 Å². The normalized spacial score (nSPS) is 17.8. The summed E-state index contributed by atoms with van der Waals surface area (Å²) in [5.74, 6) is 1.01. The van der Waals surface area contributed by atoms with Gasteiger partial charge in [-0.15, -0.1) is 0 Å². The zero-order valence-corrected chi connectivity index (χ0v) is 9.76. The van der Waals surface area contributed by atoms with E-state index in [4.69, 9.17) is 5.73 Å². The van der Waals surface area contributed by atoms with Crippen molar-refractivity contribution in [3.05, 3.63) is 18.1 Å². The van der Waals surface area contributed by atoms with Crippen LogP contribution < -0.4 is 10.6 Å². The van der Waals surface area contributed by atoms with E-state index in [0.717, 1.165) is 44.1 Å². The maximum absolute atomic E-state index is 5.69. The van der Waals surface area contributed by atoms with Crippen molar-refractivity contribution in [2.24, 2.45) is 5.73 Å². The zero-order valence-electron chi connectivity index (χ0n) is 9.76. The quantitative estimate of drug-likeness (QED) is 0.783. The minimum Gasteiger partial charge on any atom is -0.354 e. The fraction of sp³-hybridized carbons (Fsp3) is 0.636. The van der Waals surface area contributed by atoms with Gasteiger partial charge in [0.1, 0.15) is 12.1 Å². The van der Waals surface area contributed by atoms with Crippen molar-refractivity contribution in [3.8, 4) is 0 Å². The van der Waals surface area contributed by atoms with Crippen molar-refractivity contribution in [2.75, 3.05) is 37.6 Å². The van der Waals surface area contributed by atoms with Gasteiger partial charge < -0.3 is 15.5 Å². The summed E-state index contributed by atoms with van der Waals surface area (Å²) < 4.78 is 0. The average Bonchev–Trinajstić information content (AvgIpc) is 2.39. The van der Waals surface area contributed by atoms with E-state index in [1.54, 1.807) is 6.33 Å². The van der Waals surface area contributed by atoms with E-state index in [2.05, 4.69) is 26.7 Å². The number of aromatic nitrogens is 2. The lowest BCUT2D eigenvalue weighted by molar-refractivity contribution is 0.270. The summed E-state index contributed by atoms with van der Waals surface area (Å²) in [5.41, 5.74) is 6.73. The van der Waals surface area contributed by atoms with Crippen LogP contribution in [-0.4, -0.2) is 47.6 Å². The predicted molar refractivity (Wildman–Crippen MR) is 64.3 cm³/mol. The molecule has 1 saturated heterocycles. The Bertz CT molecular complexity index is 333. The third-order valence-electron chi connectivity index (χ3n) is 3.10. The highest BCUT2D eigenvalue weighted by molar-refractivity contribution is 5.45. The van der Waals surface area contributed by atoms with Crippen molar-refractivity contribution < 1.29 is 0 Å². The molecule has 0 saturated carbocycles. The number of nitrogens with two attached hydrogens (primary N) is 1. The highest BCUT2D eigenvalue weighted by atomic mass is 15.3. The van der Waals surface area contributed by atoms with Gasteiger partial charge in [0.25, 0.3) is 0 Å². The highest BCUT2D eigenvalue weighted by Gasteiger charge is 2.18. The molecule has 2 rings (SSSR count). The maximum atomic E-state index is 5.69. The summed E-state index contributed by atoms with van der Waals surface area (Å²) in [6, 6.07) is 0. The number of piperazine rings is 1. The van der Waals surface area contributed by atoms with Gasteiger partial charge in [-0.3, -0.25) is 0 Å². The van der Waals surface area contributed by atoms with Crippen LogP contribution in [0.2, 0.25) is 0 Å². The van der Waals surface area contributed by atoms with Crippen LogP contribution in [-0.2, 0) is 6.54 Å². The van der Waals surface area contributed by atoms with Gasteiger partial charge in [0.2, 0.25) is 0 Å². The third-order valence-corrected chi connectivity index (χ3v) is 3.10. The second kappa shape index (κ2) is 5.23. The molecule has 5 nitrogen and oxygen atoms in total. The van der Waals surface area contributed by atoms with E-state index < -0.39 is 0 Å². The van der Waals surface area contributed by atoms with Crippen molar-refractivity contribution in [1.82, 2.24) is 14.9 Å². The standard InChI is InChI=1S/C11H19N5/c1-2-15-3-5-16(6-4-15)11-10(7-12)8-13-9-14-11/h8-9H,2-7,12H2,1H3. The summed E-state index contributed by atoms with van der Waals surface area (Å²) in [5, 5.41) is 0. The van der Waals surface area contributed by atoms with Crippen LogP contribution in [0.4, 0.5) is 5.82 Å². The van der Waals surface area contributed by atoms with Gasteiger partial charge in [0.05, 0.1) is 0 Å². The first kappa shape index (κ1) is 11.3. The number of nitrogens with zero attached hydrogens (tertiary/aromatic N) is 4. The molecule has 1 aromatic rings. The largest absolute Gasteiger partial charge is 0.354 e. The molecule has 1 aromatic heterocycles. The lowest BCUT2D eigenvalue weighted by Crippen LogP contribution is -2.46. The molecule has 0 aliphatic carbocycles. The van der Waals surface area contributed by atoms with Gasteiger partial charge in [0, 0.05) is 44.5 Å². The molecule has 2 heterocycles. The molecule has 0 radical (unpaired) electrons. The van der Waals surface area contributed by atoms with Crippen LogP contribution in [0.1, 0.15) is 12.5 Å². The summed E-state index contributed by atoms with van der Waals surface area (Å²) in [6.07, 6.45) is 3.41. The Balaban J connectivity index is 2.07. The summed E-state index contributed by atoms with van der Waals surface area (Å²) in [6.45, 7) is 8.09. The minimum absolute atomic E-state index is 0.504. The first-order valence-corrected chi connectivity index (χ1v) is 5.81. The van der Waals surface area contributed by atoms with Gasteiger partial charge >= 0.3 is 0 Å². The van der Waals surface area contributed by atoms with Crippen LogP contribution in [0.3, 0.4) is 0 Å². The smallest absolute Gasteiger partial charge is 0.136 e. The van der Waals surface area contributed by atoms with E-state index in [1.165, 1.54) is 0 Å². The number of rotatable bonds is 3. The summed E-state index contributed by atoms with van der Waals surface area (Å²) in [7, 11) is 0. The Morgan fingerprint density at radius 1 is 1.31 bits per heavy atom. The van der Waals surface area contributed by atoms with Gasteiger partial charge in [-0.25, -0.2) is 9.97 Å². The SMILES string of the molecule is CCN1CCN(c2ncncc2CN)CC1. The third kappa shape index (κ3) is 2.31. The van der Waals surface area contributed by atoms with E-state index in [-0.39, 0.29) is 0 Å². The molecular weight excluding hydrogens is 202 g/mol. The highest BCUT2D eigenvalue weighted by Crippen LogP contribution is 2.17. The number of anilines is 1. The van der Waals surface area contributed by atoms with Gasteiger partial charge in [-0.1, -0.05) is 6.92 Å². The Kier molecular flexibility index (Phi) is 3.69. The summed E-state index contributed by atoms with van der Waals surface area (Å²) in [4.78, 5) is 13.1. The van der Waals surface area contributed by atoms with Gasteiger partial charge in [-0.2, -0.15) is 0 Å². The van der Waals surface area contributed by atoms with Gasteiger partial charge in [-0.05, 0) is 6.54 Å². The molecule has 0 bridgehead atoms. The zero-order chi connectivity index (χ0) is 11.4. The monoisotopic (exact) mass is 221 g/mol. The van der Waals surface area contributed by atoms with Crippen LogP contribution >= 0.6 is 0 Å². The second-order valence-electron chi connectivity index (χ2n) is 4.00. The van der Waals surface area contributed by atoms with Crippen molar-refractivity contribution in [3.63, 3.8) is 0 Å². The second-order valence-corrected chi connectivity index (χ2v) is 4.00. The number of hydrogen-bond donors (Lipinski definition) is 1. The first-order chi connectivity index (χ1) is 7.85. The van der Waals surface area contributed by atoms with Gasteiger partial charge in [0.15, 0.2) is 0 Å². The molecule has 0 unspecified atom stereocenters. The molecule has 2 N–H and O–H groups in total. The van der Waals surface area contributed by atoms with Crippen LogP contribution in [0.25, 0.3) is 0 Å². The average molecular weight is 221 g/mol. The fourth-order valence-electron chi connectivity index (χ4n) is 2.06. The minimum atomic E-state index is 0.504. The molecule has 0 atom stereocenters. The summed E-state index contributed by atoms with van der Waals surface area (Å²) >= 11 is 0. The lowest BCUT2D eigenvalue weighted by atomic mass is 10.2. The lowest BCUT2D eigenvalue weighted by Gasteiger charge is -2.35. The number of likely N-dealkylation sites (N-methyl/N-ethyl adjacent to an activating group) is 1. The predicted octanol–water partition coefficient (Wildman–Crippen LogP) is 0.0772. The van der Waals surface area contributed by atoms with Crippen molar-refractivity contribution in [2.45, 2.75) is 13.5 Å². The molecule has 16 heavy (non-hydrogen) atoms. The molecular formula is C11H19N5. The van der Waals surface area contributed by atoms with Crippen LogP contribution in [0, 0.1) is 0 Å². The van der Waals surface area contributed by atoms with E-state index in [1.807, 2.05) is 6.20 Å². The molecule has 88 valence electrons. The molecule has 0 spiro atoms. The Morgan fingerprint density at radius 2 is 2.06 bits per heavy atom. The topological polar surface area (TPSA) is 58.3 Å². The Hall–Kier alpha value is -1.20. The van der Waals surface area contributed by atoms with E-state index >= 15 is 0 Å². The molecule has 1 fully saturated rings. The molecule has 0 amide bonds. The molecule has 1 aliphatic heterocycles. The van der Waals surface area contributed by atoms with Crippen molar-refractivity contribution in [1.29, 1.82) is 0 Å². The Morgan fingerprint density at radius 3 is 2.69 bits per heavy atom. The number of hydrogen-bond acceptors (Lipinski definition) is 5. The van der Waals surface area contributed by atoms with Crippen molar-refractivity contribution >= 4 is 5.82 Å². The molecule has 5 heteroatoms. The Labute approximate surface area is 96.3 Å². The fourth-order valence-corrected chi connectivity index (χ4v) is 2.06. The maximum Gasteiger partial charge on any atom is 0.136 e. The van der Waals surface area contributed by atoms with E-state index in [0.29, 0.717) is 6.54 Å².